The molecule has 11 nitrogen and oxygen atoms in total. The van der Waals surface area contributed by atoms with E-state index in [0.717, 1.165) is 0 Å². The predicted octanol–water partition coefficient (Wildman–Crippen LogP) is -1.30. The number of hydrogen-bond donors (Lipinski definition) is 6. The van der Waals surface area contributed by atoms with Crippen molar-refractivity contribution in [3.8, 4) is 0 Å². The molecule has 1 aromatic heterocycles. The van der Waals surface area contributed by atoms with Crippen LogP contribution >= 0.6 is 16.1 Å². The fourth-order valence-corrected chi connectivity index (χ4v) is 6.22. The van der Waals surface area contributed by atoms with Crippen LogP contribution in [0.1, 0.15) is 19.3 Å². The van der Waals surface area contributed by atoms with Gasteiger partial charge in [-0.3, -0.25) is 0 Å². The summed E-state index contributed by atoms with van der Waals surface area (Å²) in [6, 6.07) is 0. The van der Waals surface area contributed by atoms with Crippen molar-refractivity contribution in [2.24, 2.45) is 5.73 Å². The molecule has 1 heterocycles. The fourth-order valence-electron chi connectivity index (χ4n) is 2.25. The van der Waals surface area contributed by atoms with Crippen LogP contribution in [0.25, 0.3) is 0 Å². The Morgan fingerprint density at radius 2 is 2.12 bits per heavy atom. The van der Waals surface area contributed by atoms with Gasteiger partial charge in [0, 0.05) is 0 Å². The quantitative estimate of drug-likeness (QED) is 0.179. The Balaban J connectivity index is 2.25. The Morgan fingerprint density at radius 1 is 1.46 bits per heavy atom. The van der Waals surface area contributed by atoms with E-state index in [4.69, 9.17) is 10.6 Å². The van der Waals surface area contributed by atoms with Gasteiger partial charge >= 0.3 is 138 Å². The van der Waals surface area contributed by atoms with Gasteiger partial charge in [0.1, 0.15) is 0 Å². The molecule has 13 heteroatoms. The molecule has 1 aliphatic rings. The third-order valence-electron chi connectivity index (χ3n) is 3.83. The van der Waals surface area contributed by atoms with Crippen LogP contribution in [0.4, 0.5) is 0 Å². The van der Waals surface area contributed by atoms with Crippen molar-refractivity contribution in [3.05, 3.63) is 18.7 Å². The van der Waals surface area contributed by atoms with Crippen LogP contribution in [0.2, 0.25) is 0 Å². The number of imidazole rings is 1. The average Bonchev–Trinajstić information content (AvgIpc) is 2.97. The molecule has 0 radical (unpaired) electrons. The Morgan fingerprint density at radius 3 is 2.54 bits per heavy atom. The van der Waals surface area contributed by atoms with Gasteiger partial charge in [0.15, 0.2) is 0 Å². The second-order valence-corrected chi connectivity index (χ2v) is 10.2. The van der Waals surface area contributed by atoms with Crippen molar-refractivity contribution in [1.82, 2.24) is 9.55 Å². The predicted molar refractivity (Wildman–Crippen MR) is 84.1 cm³/mol. The Kier molecular flexibility index (Phi) is 5.91. The molecule has 0 spiro atoms. The van der Waals surface area contributed by atoms with Gasteiger partial charge in [0.05, 0.1) is 0 Å². The molecule has 1 fully saturated rings. The Labute approximate surface area is 139 Å². The molecule has 1 saturated carbocycles. The molecule has 7 N–H and O–H groups in total. The van der Waals surface area contributed by atoms with E-state index >= 15 is 0 Å². The van der Waals surface area contributed by atoms with Crippen molar-refractivity contribution in [2.45, 2.75) is 36.2 Å². The average molecular weight is 385 g/mol. The molecule has 0 aliphatic heterocycles. The molecule has 0 amide bonds. The number of rotatable bonds is 8. The van der Waals surface area contributed by atoms with Crippen LogP contribution in [0, 0.1) is 0 Å². The van der Waals surface area contributed by atoms with E-state index in [0.29, 0.717) is 6.42 Å². The summed E-state index contributed by atoms with van der Waals surface area (Å²) in [5.41, 5.74) is 5.10. The van der Waals surface area contributed by atoms with Gasteiger partial charge in [0.2, 0.25) is 0 Å². The van der Waals surface area contributed by atoms with Crippen LogP contribution in [0.5, 0.6) is 0 Å². The summed E-state index contributed by atoms with van der Waals surface area (Å²) in [6.45, 7) is -0.974. The first-order valence-electron chi connectivity index (χ1n) is 7.08. The molecule has 0 aromatic carbocycles. The summed E-state index contributed by atoms with van der Waals surface area (Å²) < 4.78 is 1.27. The summed E-state index contributed by atoms with van der Waals surface area (Å²) in [7, 11) is -7.98. The van der Waals surface area contributed by atoms with E-state index in [-0.39, 0.29) is 12.8 Å². The van der Waals surface area contributed by atoms with Crippen LogP contribution in [-0.2, 0) is 21.1 Å². The number of nitrogens with zero attached hydrogens (tertiary/aromatic N) is 2. The van der Waals surface area contributed by atoms with E-state index in [1.807, 2.05) is 0 Å². The van der Waals surface area contributed by atoms with Crippen molar-refractivity contribution >= 4 is 22.1 Å². The number of carbonyl (C=O) groups is 1. The number of hydrogen-bond acceptors (Lipinski definition) is 10. The Bertz CT molecular complexity index is 562. The van der Waals surface area contributed by atoms with Crippen molar-refractivity contribution in [1.29, 1.82) is 0 Å². The second kappa shape index (κ2) is 7.25. The number of carbonyl (C=O) groups excluding carboxylic acids is 1. The second-order valence-electron chi connectivity index (χ2n) is 5.54. The molecule has 0 saturated heterocycles. The van der Waals surface area contributed by atoms with Gasteiger partial charge in [-0.2, -0.15) is 0 Å². The van der Waals surface area contributed by atoms with E-state index in [9.17, 15) is 29.5 Å². The van der Waals surface area contributed by atoms with Crippen LogP contribution in [0.3, 0.4) is 0 Å². The van der Waals surface area contributed by atoms with Gasteiger partial charge < -0.3 is 0 Å². The standard InChI is InChI=1S/C11H21N3O8P2/c12-6-9(15)21-22-10(2-1-3-10)23(17)11(16,24(18,19)20)7-14-5-4-13-8-14/h4-5,8,16-20,24H,1-3,6-7,12H2. The van der Waals surface area contributed by atoms with E-state index in [1.165, 1.54) is 23.3 Å². The first-order chi connectivity index (χ1) is 11.1. The summed E-state index contributed by atoms with van der Waals surface area (Å²) in [6.07, 6.45) is 5.06. The third-order valence-corrected chi connectivity index (χ3v) is 8.73. The molecule has 2 atom stereocenters. The van der Waals surface area contributed by atoms with Gasteiger partial charge in [-0.1, -0.05) is 0 Å². The molecule has 1 aliphatic carbocycles. The zero-order chi connectivity index (χ0) is 18.0. The molecule has 1 aromatic rings. The Hall–Kier alpha value is -0.740. The fraction of sp³-hybridized carbons (Fsp3) is 0.636. The van der Waals surface area contributed by atoms with Gasteiger partial charge in [0.25, 0.3) is 0 Å². The zero-order valence-corrected chi connectivity index (χ0v) is 14.5. The summed E-state index contributed by atoms with van der Waals surface area (Å²) in [5, 5.41) is 6.54. The number of aliphatic hydroxyl groups is 1. The molecular weight excluding hydrogens is 364 g/mol. The van der Waals surface area contributed by atoms with Crippen LogP contribution < -0.4 is 5.73 Å². The first kappa shape index (κ1) is 19.6. The van der Waals surface area contributed by atoms with E-state index in [1.54, 1.807) is 0 Å². The van der Waals surface area contributed by atoms with Gasteiger partial charge in [-0.15, -0.1) is 0 Å². The van der Waals surface area contributed by atoms with E-state index < -0.39 is 45.6 Å². The molecule has 138 valence electrons. The van der Waals surface area contributed by atoms with Crippen molar-refractivity contribution < 1.29 is 39.2 Å². The van der Waals surface area contributed by atoms with Crippen molar-refractivity contribution in [2.75, 3.05) is 6.54 Å². The monoisotopic (exact) mass is 385 g/mol. The summed E-state index contributed by atoms with van der Waals surface area (Å²) >= 11 is 0. The molecule has 2 rings (SSSR count). The first-order valence-corrected chi connectivity index (χ1v) is 10.2. The number of nitrogens with two attached hydrogens (primary N) is 1. The summed E-state index contributed by atoms with van der Waals surface area (Å²) in [4.78, 5) is 64.3. The minimum absolute atomic E-state index is 0.198. The zero-order valence-electron chi connectivity index (χ0n) is 12.6. The van der Waals surface area contributed by atoms with Crippen LogP contribution in [0.15, 0.2) is 18.7 Å². The maximum atomic E-state index is 11.2. The maximum absolute atomic E-state index is 11.2. The molecule has 0 bridgehead atoms. The third kappa shape index (κ3) is 3.75. The molecule has 24 heavy (non-hydrogen) atoms. The van der Waals surface area contributed by atoms with Crippen LogP contribution in [-0.4, -0.2) is 57.2 Å². The molecular formula is C11H21N3O8P2. The van der Waals surface area contributed by atoms with Gasteiger partial charge in [-0.05, 0) is 0 Å². The number of aromatic nitrogens is 2. The minimum atomic E-state index is -5.25. The normalized spacial score (nSPS) is 21.4. The van der Waals surface area contributed by atoms with Gasteiger partial charge in [-0.25, -0.2) is 0 Å². The topological polar surface area (TPSA) is 181 Å². The SMILES string of the molecule is NCC(=O)OOC1(P(O)C(O)(Cn2ccnc2)[PH](O)(O)O)CCC1. The van der Waals surface area contributed by atoms with Crippen molar-refractivity contribution in [3.63, 3.8) is 0 Å². The molecule has 2 unspecified atom stereocenters. The van der Waals surface area contributed by atoms with E-state index in [2.05, 4.69) is 9.87 Å². The summed E-state index contributed by atoms with van der Waals surface area (Å²) in [5.74, 6) is -0.886.